The monoisotopic (exact) mass is 210 g/mol. The van der Waals surface area contributed by atoms with E-state index >= 15 is 0 Å². The molecule has 0 saturated carbocycles. The van der Waals surface area contributed by atoms with E-state index in [4.69, 9.17) is 0 Å². The van der Waals surface area contributed by atoms with Crippen LogP contribution >= 0.6 is 0 Å². The molecule has 3 heteroatoms. The van der Waals surface area contributed by atoms with Crippen LogP contribution in [0.2, 0.25) is 0 Å². The van der Waals surface area contributed by atoms with Gasteiger partial charge in [0.15, 0.2) is 0 Å². The van der Waals surface area contributed by atoms with Crippen molar-refractivity contribution in [1.29, 1.82) is 0 Å². The number of hydrogen-bond donors (Lipinski definition) is 0. The molecule has 0 aliphatic rings. The van der Waals surface area contributed by atoms with Gasteiger partial charge in [-0.2, -0.15) is 0 Å². The van der Waals surface area contributed by atoms with Crippen LogP contribution < -0.4 is 0 Å². The van der Waals surface area contributed by atoms with Gasteiger partial charge in [0.2, 0.25) is 0 Å². The predicted molar refractivity (Wildman–Crippen MR) is 59.4 cm³/mol. The summed E-state index contributed by atoms with van der Waals surface area (Å²) < 4.78 is 4.39. The molecule has 0 amide bonds. The highest BCUT2D eigenvalue weighted by Crippen LogP contribution is 2.20. The molecule has 0 spiro atoms. The van der Waals surface area contributed by atoms with E-state index < -0.39 is 11.8 Å². The zero-order valence-corrected chi connectivity index (χ0v) is 9.79. The lowest BCUT2D eigenvalue weighted by Crippen LogP contribution is -2.19. The molecule has 0 atom stereocenters. The molecule has 0 saturated heterocycles. The zero-order valence-electron chi connectivity index (χ0n) is 9.79. The van der Waals surface area contributed by atoms with Crippen LogP contribution in [-0.2, 0) is 14.3 Å². The number of hydrogen-bond acceptors (Lipinski definition) is 3. The molecular formula is C12H18O3. The molecule has 84 valence electrons. The van der Waals surface area contributed by atoms with Crippen molar-refractivity contribution in [3.05, 3.63) is 24.3 Å². The normalized spacial score (nSPS) is 12.1. The Labute approximate surface area is 90.8 Å². The third-order valence-corrected chi connectivity index (χ3v) is 1.63. The van der Waals surface area contributed by atoms with E-state index in [1.54, 1.807) is 12.2 Å². The van der Waals surface area contributed by atoms with E-state index in [9.17, 15) is 9.59 Å². The molecular weight excluding hydrogens is 192 g/mol. The van der Waals surface area contributed by atoms with Gasteiger partial charge in [-0.3, -0.25) is 4.79 Å². The second kappa shape index (κ2) is 5.49. The fourth-order valence-corrected chi connectivity index (χ4v) is 1.12. The van der Waals surface area contributed by atoms with Crippen molar-refractivity contribution in [2.24, 2.45) is 5.41 Å². The lowest BCUT2D eigenvalue weighted by molar-refractivity contribution is -0.149. The van der Waals surface area contributed by atoms with Gasteiger partial charge in [0.1, 0.15) is 0 Å². The molecule has 0 rings (SSSR count). The van der Waals surface area contributed by atoms with Crippen LogP contribution in [0.15, 0.2) is 24.3 Å². The minimum absolute atomic E-state index is 0.151. The Morgan fingerprint density at radius 1 is 1.33 bits per heavy atom. The van der Waals surface area contributed by atoms with Crippen molar-refractivity contribution in [1.82, 2.24) is 0 Å². The molecule has 0 heterocycles. The summed E-state index contributed by atoms with van der Waals surface area (Å²) in [7, 11) is 1.20. The van der Waals surface area contributed by atoms with Gasteiger partial charge in [-0.05, 0) is 11.8 Å². The van der Waals surface area contributed by atoms with E-state index in [0.29, 0.717) is 12.0 Å². The van der Waals surface area contributed by atoms with Crippen LogP contribution in [0, 0.1) is 5.41 Å². The number of carbonyl (C=O) groups excluding carboxylic acids is 2. The van der Waals surface area contributed by atoms with Crippen LogP contribution in [0.1, 0.15) is 27.2 Å². The van der Waals surface area contributed by atoms with E-state index in [1.165, 1.54) is 7.11 Å². The van der Waals surface area contributed by atoms with Crippen molar-refractivity contribution in [2.75, 3.05) is 7.11 Å². The number of rotatable bonds is 4. The summed E-state index contributed by atoms with van der Waals surface area (Å²) in [6.45, 7) is 9.43. The van der Waals surface area contributed by atoms with E-state index in [2.05, 4.69) is 11.3 Å². The summed E-state index contributed by atoms with van der Waals surface area (Å²) in [5.74, 6) is -1.42. The maximum Gasteiger partial charge on any atom is 0.379 e. The molecule has 0 N–H and O–H groups in total. The minimum atomic E-state index is -0.827. The second-order valence-electron chi connectivity index (χ2n) is 4.35. The first-order chi connectivity index (χ1) is 6.81. The maximum atomic E-state index is 11.6. The fourth-order valence-electron chi connectivity index (χ4n) is 1.12. The number of ether oxygens (including phenoxy) is 1. The van der Waals surface area contributed by atoms with Gasteiger partial charge < -0.3 is 4.74 Å². The molecule has 0 aromatic rings. The van der Waals surface area contributed by atoms with Gasteiger partial charge in [-0.15, -0.1) is 6.58 Å². The molecule has 0 fully saturated rings. The first-order valence-corrected chi connectivity index (χ1v) is 4.77. The van der Waals surface area contributed by atoms with Crippen molar-refractivity contribution in [2.45, 2.75) is 27.2 Å². The number of Topliss-reactive ketones (excluding diaryl/α,β-unsaturated/α-hetero) is 1. The van der Waals surface area contributed by atoms with Gasteiger partial charge in [-0.1, -0.05) is 32.9 Å². The Morgan fingerprint density at radius 2 is 1.87 bits per heavy atom. The van der Waals surface area contributed by atoms with Crippen molar-refractivity contribution >= 4 is 11.8 Å². The van der Waals surface area contributed by atoms with Gasteiger partial charge in [-0.25, -0.2) is 4.79 Å². The highest BCUT2D eigenvalue weighted by Gasteiger charge is 2.20. The average Bonchev–Trinajstić information content (AvgIpc) is 2.13. The SMILES string of the molecule is C=CC/C(=C/C(C)(C)C)C(=O)C(=O)OC. The minimum Gasteiger partial charge on any atom is -0.463 e. The molecule has 15 heavy (non-hydrogen) atoms. The smallest absolute Gasteiger partial charge is 0.379 e. The molecule has 3 nitrogen and oxygen atoms in total. The number of esters is 1. The summed E-state index contributed by atoms with van der Waals surface area (Å²) in [5, 5.41) is 0. The third kappa shape index (κ3) is 5.15. The Morgan fingerprint density at radius 3 is 2.20 bits per heavy atom. The van der Waals surface area contributed by atoms with E-state index in [0.717, 1.165) is 0 Å². The lowest BCUT2D eigenvalue weighted by atomic mass is 9.91. The predicted octanol–water partition coefficient (Wildman–Crippen LogP) is 2.28. The zero-order chi connectivity index (χ0) is 12.1. The largest absolute Gasteiger partial charge is 0.463 e. The quantitative estimate of drug-likeness (QED) is 0.309. The Kier molecular flexibility index (Phi) is 4.98. The number of allylic oxidation sites excluding steroid dienone is 2. The summed E-state index contributed by atoms with van der Waals surface area (Å²) in [4.78, 5) is 22.6. The first kappa shape index (κ1) is 13.6. The van der Waals surface area contributed by atoms with Crippen LogP contribution in [0.4, 0.5) is 0 Å². The molecule has 0 bridgehead atoms. The van der Waals surface area contributed by atoms with Crippen molar-refractivity contribution in [3.8, 4) is 0 Å². The molecule has 0 radical (unpaired) electrons. The standard InChI is InChI=1S/C12H18O3/c1-6-7-9(8-12(2,3)4)10(13)11(14)15-5/h6,8H,1,7H2,2-5H3/b9-8-. The Hall–Kier alpha value is -1.38. The summed E-state index contributed by atoms with van der Waals surface area (Å²) in [6, 6.07) is 0. The Balaban J connectivity index is 4.98. The fraction of sp³-hybridized carbons (Fsp3) is 0.500. The van der Waals surface area contributed by atoms with Crippen LogP contribution in [-0.4, -0.2) is 18.9 Å². The van der Waals surface area contributed by atoms with E-state index in [-0.39, 0.29) is 5.41 Å². The lowest BCUT2D eigenvalue weighted by Gasteiger charge is -2.14. The van der Waals surface area contributed by atoms with Crippen LogP contribution in [0.3, 0.4) is 0 Å². The summed E-state index contributed by atoms with van der Waals surface area (Å²) in [5.41, 5.74) is 0.284. The molecule has 0 aliphatic carbocycles. The van der Waals surface area contributed by atoms with Gasteiger partial charge >= 0.3 is 5.97 Å². The van der Waals surface area contributed by atoms with Crippen molar-refractivity contribution in [3.63, 3.8) is 0 Å². The summed E-state index contributed by atoms with van der Waals surface area (Å²) >= 11 is 0. The highest BCUT2D eigenvalue weighted by atomic mass is 16.5. The second-order valence-corrected chi connectivity index (χ2v) is 4.35. The van der Waals surface area contributed by atoms with Crippen molar-refractivity contribution < 1.29 is 14.3 Å². The van der Waals surface area contributed by atoms with Crippen LogP contribution in [0.25, 0.3) is 0 Å². The summed E-state index contributed by atoms with van der Waals surface area (Å²) in [6.07, 6.45) is 3.75. The molecule has 0 aromatic carbocycles. The van der Waals surface area contributed by atoms with Gasteiger partial charge in [0.25, 0.3) is 5.78 Å². The Bertz CT molecular complexity index is 292. The molecule has 0 aliphatic heterocycles. The van der Waals surface area contributed by atoms with Crippen LogP contribution in [0.5, 0.6) is 0 Å². The number of carbonyl (C=O) groups is 2. The number of methoxy groups -OCH3 is 1. The first-order valence-electron chi connectivity index (χ1n) is 4.77. The third-order valence-electron chi connectivity index (χ3n) is 1.63. The van der Waals surface area contributed by atoms with Gasteiger partial charge in [0, 0.05) is 5.57 Å². The van der Waals surface area contributed by atoms with Gasteiger partial charge in [0.05, 0.1) is 7.11 Å². The van der Waals surface area contributed by atoms with E-state index in [1.807, 2.05) is 20.8 Å². The topological polar surface area (TPSA) is 43.4 Å². The number of ketones is 1. The average molecular weight is 210 g/mol. The molecule has 0 aromatic heterocycles. The maximum absolute atomic E-state index is 11.6. The highest BCUT2D eigenvalue weighted by molar-refractivity contribution is 6.40. The molecule has 0 unspecified atom stereocenters.